The highest BCUT2D eigenvalue weighted by atomic mass is 15.3. The van der Waals surface area contributed by atoms with Crippen molar-refractivity contribution in [3.8, 4) is 0 Å². The zero-order chi connectivity index (χ0) is 12.7. The van der Waals surface area contributed by atoms with E-state index in [1.807, 2.05) is 12.3 Å². The Bertz CT molecular complexity index is 581. The van der Waals surface area contributed by atoms with E-state index in [-0.39, 0.29) is 0 Å². The number of nitrogens with zero attached hydrogens (tertiary/aromatic N) is 3. The second-order valence-electron chi connectivity index (χ2n) is 5.55. The molecular formula is C14H19N5. The van der Waals surface area contributed by atoms with Gasteiger partial charge in [-0.05, 0) is 50.9 Å². The van der Waals surface area contributed by atoms with Crippen LogP contribution >= 0.6 is 0 Å². The van der Waals surface area contributed by atoms with Crippen molar-refractivity contribution >= 4 is 17.1 Å². The first kappa shape index (κ1) is 11.2. The summed E-state index contributed by atoms with van der Waals surface area (Å²) in [5.74, 6) is 1.02. The topological polar surface area (TPSA) is 54.8 Å². The van der Waals surface area contributed by atoms with Crippen LogP contribution in [0.25, 0.3) is 11.2 Å². The average molecular weight is 257 g/mol. The SMILES string of the molecule is c1cnc2c(c1)nc(NC1CCNCC1)n2C1CC1. The molecule has 1 aliphatic carbocycles. The summed E-state index contributed by atoms with van der Waals surface area (Å²) >= 11 is 0. The molecular weight excluding hydrogens is 238 g/mol. The van der Waals surface area contributed by atoms with Gasteiger partial charge in [-0.3, -0.25) is 4.57 Å². The summed E-state index contributed by atoms with van der Waals surface area (Å²) in [6.07, 6.45) is 6.70. The first-order chi connectivity index (χ1) is 9.42. The fraction of sp³-hybridized carbons (Fsp3) is 0.571. The fourth-order valence-electron chi connectivity index (χ4n) is 2.86. The number of imidazole rings is 1. The first-order valence-electron chi connectivity index (χ1n) is 7.22. The van der Waals surface area contributed by atoms with Crippen molar-refractivity contribution in [1.82, 2.24) is 19.9 Å². The highest BCUT2D eigenvalue weighted by molar-refractivity contribution is 5.74. The van der Waals surface area contributed by atoms with Crippen molar-refractivity contribution < 1.29 is 0 Å². The van der Waals surface area contributed by atoms with Crippen LogP contribution in [0, 0.1) is 0 Å². The molecule has 100 valence electrons. The molecule has 3 heterocycles. The number of hydrogen-bond acceptors (Lipinski definition) is 4. The first-order valence-corrected chi connectivity index (χ1v) is 7.22. The van der Waals surface area contributed by atoms with Crippen LogP contribution in [0.3, 0.4) is 0 Å². The summed E-state index contributed by atoms with van der Waals surface area (Å²) in [5, 5.41) is 7.03. The Morgan fingerprint density at radius 3 is 2.84 bits per heavy atom. The molecule has 0 spiro atoms. The predicted octanol–water partition coefficient (Wildman–Crippen LogP) is 1.93. The van der Waals surface area contributed by atoms with Crippen LogP contribution in [0.15, 0.2) is 18.3 Å². The zero-order valence-electron chi connectivity index (χ0n) is 11.0. The second-order valence-corrected chi connectivity index (χ2v) is 5.55. The van der Waals surface area contributed by atoms with Crippen molar-refractivity contribution in [2.24, 2.45) is 0 Å². The number of pyridine rings is 1. The standard InChI is InChI=1S/C14H19N5/c1-2-12-13(16-7-1)19(11-3-4-11)14(18-12)17-10-5-8-15-9-6-10/h1-2,7,10-11,15H,3-6,8-9H2,(H,17,18). The number of piperidine rings is 1. The molecule has 5 heteroatoms. The van der Waals surface area contributed by atoms with Gasteiger partial charge in [0.1, 0.15) is 5.52 Å². The molecule has 4 rings (SSSR count). The summed E-state index contributed by atoms with van der Waals surface area (Å²) in [5.41, 5.74) is 2.03. The highest BCUT2D eigenvalue weighted by Gasteiger charge is 2.29. The Morgan fingerprint density at radius 1 is 1.21 bits per heavy atom. The Morgan fingerprint density at radius 2 is 2.05 bits per heavy atom. The molecule has 1 aliphatic heterocycles. The Hall–Kier alpha value is -1.62. The molecule has 1 saturated carbocycles. The molecule has 1 saturated heterocycles. The average Bonchev–Trinajstić information content (AvgIpc) is 3.21. The van der Waals surface area contributed by atoms with Crippen molar-refractivity contribution in [2.45, 2.75) is 37.8 Å². The Kier molecular flexibility index (Phi) is 2.65. The Labute approximate surface area is 112 Å². The minimum atomic E-state index is 0.538. The number of nitrogens with one attached hydrogen (secondary N) is 2. The van der Waals surface area contributed by atoms with Gasteiger partial charge in [0, 0.05) is 18.3 Å². The van der Waals surface area contributed by atoms with E-state index >= 15 is 0 Å². The number of anilines is 1. The van der Waals surface area contributed by atoms with Crippen molar-refractivity contribution in [2.75, 3.05) is 18.4 Å². The van der Waals surface area contributed by atoms with Crippen LogP contribution in [-0.2, 0) is 0 Å². The van der Waals surface area contributed by atoms with Crippen LogP contribution in [0.5, 0.6) is 0 Å². The van der Waals surface area contributed by atoms with Gasteiger partial charge in [-0.25, -0.2) is 9.97 Å². The third-order valence-electron chi connectivity index (χ3n) is 4.03. The van der Waals surface area contributed by atoms with E-state index in [4.69, 9.17) is 4.98 Å². The largest absolute Gasteiger partial charge is 0.353 e. The summed E-state index contributed by atoms with van der Waals surface area (Å²) in [7, 11) is 0. The quantitative estimate of drug-likeness (QED) is 0.882. The van der Waals surface area contributed by atoms with Crippen molar-refractivity contribution in [3.05, 3.63) is 18.3 Å². The van der Waals surface area contributed by atoms with Gasteiger partial charge in [0.15, 0.2) is 5.65 Å². The lowest BCUT2D eigenvalue weighted by atomic mass is 10.1. The van der Waals surface area contributed by atoms with E-state index < -0.39 is 0 Å². The van der Waals surface area contributed by atoms with Gasteiger partial charge in [-0.2, -0.15) is 0 Å². The van der Waals surface area contributed by atoms with E-state index in [2.05, 4.69) is 26.3 Å². The summed E-state index contributed by atoms with van der Waals surface area (Å²) in [6, 6.07) is 5.15. The molecule has 2 aromatic heterocycles. The van der Waals surface area contributed by atoms with E-state index in [1.54, 1.807) is 0 Å². The molecule has 5 nitrogen and oxygen atoms in total. The monoisotopic (exact) mass is 257 g/mol. The third kappa shape index (κ3) is 2.08. The van der Waals surface area contributed by atoms with Crippen molar-refractivity contribution in [3.63, 3.8) is 0 Å². The molecule has 2 aromatic rings. The van der Waals surface area contributed by atoms with E-state index in [0.29, 0.717) is 12.1 Å². The summed E-state index contributed by atoms with van der Waals surface area (Å²) in [4.78, 5) is 9.24. The maximum absolute atomic E-state index is 4.74. The lowest BCUT2D eigenvalue weighted by molar-refractivity contribution is 0.475. The molecule has 0 aromatic carbocycles. The minimum absolute atomic E-state index is 0.538. The molecule has 0 atom stereocenters. The number of aromatic nitrogens is 3. The molecule has 0 bridgehead atoms. The lowest BCUT2D eigenvalue weighted by Crippen LogP contribution is -2.36. The number of rotatable bonds is 3. The summed E-state index contributed by atoms with van der Waals surface area (Å²) in [6.45, 7) is 2.19. The maximum atomic E-state index is 4.74. The maximum Gasteiger partial charge on any atom is 0.205 e. The Balaban J connectivity index is 1.69. The zero-order valence-corrected chi connectivity index (χ0v) is 11.0. The third-order valence-corrected chi connectivity index (χ3v) is 4.03. The second kappa shape index (κ2) is 4.49. The molecule has 0 radical (unpaired) electrons. The molecule has 2 fully saturated rings. The van der Waals surface area contributed by atoms with E-state index in [9.17, 15) is 0 Å². The minimum Gasteiger partial charge on any atom is -0.353 e. The normalized spacial score (nSPS) is 20.8. The summed E-state index contributed by atoms with van der Waals surface area (Å²) < 4.78 is 2.30. The molecule has 2 N–H and O–H groups in total. The number of hydrogen-bond donors (Lipinski definition) is 2. The van der Waals surface area contributed by atoms with Gasteiger partial charge in [0.2, 0.25) is 5.95 Å². The van der Waals surface area contributed by atoms with Crippen LogP contribution in [0.2, 0.25) is 0 Å². The predicted molar refractivity (Wildman–Crippen MR) is 75.3 cm³/mol. The van der Waals surface area contributed by atoms with E-state index in [0.717, 1.165) is 30.2 Å². The van der Waals surface area contributed by atoms with Gasteiger partial charge in [0.05, 0.1) is 0 Å². The van der Waals surface area contributed by atoms with Crippen LogP contribution < -0.4 is 10.6 Å². The van der Waals surface area contributed by atoms with Gasteiger partial charge >= 0.3 is 0 Å². The fourth-order valence-corrected chi connectivity index (χ4v) is 2.86. The molecule has 0 amide bonds. The van der Waals surface area contributed by atoms with Crippen LogP contribution in [0.1, 0.15) is 31.7 Å². The van der Waals surface area contributed by atoms with Crippen LogP contribution in [-0.4, -0.2) is 33.7 Å². The lowest BCUT2D eigenvalue weighted by Gasteiger charge is -2.24. The van der Waals surface area contributed by atoms with Crippen molar-refractivity contribution in [1.29, 1.82) is 0 Å². The smallest absolute Gasteiger partial charge is 0.205 e. The van der Waals surface area contributed by atoms with Gasteiger partial charge in [-0.15, -0.1) is 0 Å². The number of fused-ring (bicyclic) bond motifs is 1. The van der Waals surface area contributed by atoms with Gasteiger partial charge in [0.25, 0.3) is 0 Å². The van der Waals surface area contributed by atoms with Gasteiger partial charge < -0.3 is 10.6 Å². The van der Waals surface area contributed by atoms with Gasteiger partial charge in [-0.1, -0.05) is 0 Å². The van der Waals surface area contributed by atoms with Crippen LogP contribution in [0.4, 0.5) is 5.95 Å². The van der Waals surface area contributed by atoms with E-state index in [1.165, 1.54) is 25.7 Å². The molecule has 2 aliphatic rings. The molecule has 0 unspecified atom stereocenters. The highest BCUT2D eigenvalue weighted by Crippen LogP contribution is 2.39. The molecule has 19 heavy (non-hydrogen) atoms.